The lowest BCUT2D eigenvalue weighted by Crippen LogP contribution is -2.15. The van der Waals surface area contributed by atoms with Crippen LogP contribution in [0.25, 0.3) is 0 Å². The summed E-state index contributed by atoms with van der Waals surface area (Å²) in [6.45, 7) is 7.86. The topological polar surface area (TPSA) is 30.5 Å². The molecule has 1 aliphatic rings. The van der Waals surface area contributed by atoms with Gasteiger partial charge in [0.1, 0.15) is 13.2 Å². The number of rotatable bonds is 3. The quantitative estimate of drug-likeness (QED) is 0.769. The smallest absolute Gasteiger partial charge is 0.163 e. The second-order valence-electron chi connectivity index (χ2n) is 3.67. The maximum Gasteiger partial charge on any atom is 0.163 e. The van der Waals surface area contributed by atoms with E-state index in [0.717, 1.165) is 29.3 Å². The van der Waals surface area contributed by atoms with Gasteiger partial charge in [-0.05, 0) is 19.1 Å². The van der Waals surface area contributed by atoms with Crippen molar-refractivity contribution in [3.8, 4) is 11.5 Å². The average Bonchev–Trinajstić information content (AvgIpc) is 2.26. The second kappa shape index (κ2) is 4.26. The Kier molecular flexibility index (Phi) is 2.81. The van der Waals surface area contributed by atoms with Crippen LogP contribution < -0.4 is 14.8 Å². The third-order valence-electron chi connectivity index (χ3n) is 2.14. The first-order valence-electron chi connectivity index (χ1n) is 5.03. The third kappa shape index (κ3) is 2.43. The van der Waals surface area contributed by atoms with Crippen LogP contribution in [0.2, 0.25) is 0 Å². The van der Waals surface area contributed by atoms with Gasteiger partial charge in [-0.3, -0.25) is 0 Å². The molecule has 0 unspecified atom stereocenters. The van der Waals surface area contributed by atoms with Crippen LogP contribution in [0.5, 0.6) is 11.5 Å². The number of hydrogen-bond acceptors (Lipinski definition) is 3. The minimum atomic E-state index is 0.622. The molecule has 0 spiro atoms. The van der Waals surface area contributed by atoms with Gasteiger partial charge in [-0.1, -0.05) is 12.2 Å². The summed E-state index contributed by atoms with van der Waals surface area (Å²) in [7, 11) is 0. The minimum Gasteiger partial charge on any atom is -0.486 e. The third-order valence-corrected chi connectivity index (χ3v) is 2.14. The summed E-state index contributed by atoms with van der Waals surface area (Å²) >= 11 is 0. The standard InChI is InChI=1S/C12H15NO2/c1-9(2)8-13-10-3-4-11-12(7-10)15-6-5-14-11/h3-4,7,13H,1,5-6,8H2,2H3. The monoisotopic (exact) mass is 205 g/mol. The number of nitrogens with one attached hydrogen (secondary N) is 1. The molecule has 1 aromatic carbocycles. The van der Waals surface area contributed by atoms with Crippen molar-refractivity contribution < 1.29 is 9.47 Å². The number of fused-ring (bicyclic) bond motifs is 1. The van der Waals surface area contributed by atoms with Crippen molar-refractivity contribution >= 4 is 5.69 Å². The Morgan fingerprint density at radius 2 is 2.07 bits per heavy atom. The molecular weight excluding hydrogens is 190 g/mol. The van der Waals surface area contributed by atoms with Crippen LogP contribution in [0.15, 0.2) is 30.4 Å². The lowest BCUT2D eigenvalue weighted by atomic mass is 10.2. The Morgan fingerprint density at radius 3 is 2.80 bits per heavy atom. The van der Waals surface area contributed by atoms with Gasteiger partial charge in [0.25, 0.3) is 0 Å². The van der Waals surface area contributed by atoms with Gasteiger partial charge in [0, 0.05) is 18.3 Å². The van der Waals surface area contributed by atoms with Gasteiger partial charge in [-0.2, -0.15) is 0 Å². The van der Waals surface area contributed by atoms with E-state index in [4.69, 9.17) is 9.47 Å². The SMILES string of the molecule is C=C(C)CNc1ccc2c(c1)OCCO2. The molecule has 0 aromatic heterocycles. The van der Waals surface area contributed by atoms with E-state index in [1.165, 1.54) is 0 Å². The van der Waals surface area contributed by atoms with Gasteiger partial charge in [0.2, 0.25) is 0 Å². The van der Waals surface area contributed by atoms with Gasteiger partial charge in [0.05, 0.1) is 0 Å². The maximum absolute atomic E-state index is 5.48. The predicted molar refractivity (Wildman–Crippen MR) is 60.7 cm³/mol. The molecule has 1 N–H and O–H groups in total. The zero-order valence-electron chi connectivity index (χ0n) is 8.88. The highest BCUT2D eigenvalue weighted by Crippen LogP contribution is 2.32. The Labute approximate surface area is 89.7 Å². The first kappa shape index (κ1) is 9.90. The summed E-state index contributed by atoms with van der Waals surface area (Å²) < 4.78 is 10.9. The number of hydrogen-bond donors (Lipinski definition) is 1. The summed E-state index contributed by atoms with van der Waals surface area (Å²) in [5.74, 6) is 1.63. The summed E-state index contributed by atoms with van der Waals surface area (Å²) in [6.07, 6.45) is 0. The fourth-order valence-electron chi connectivity index (χ4n) is 1.41. The normalized spacial score (nSPS) is 13.4. The molecule has 0 radical (unpaired) electrons. The highest BCUT2D eigenvalue weighted by atomic mass is 16.6. The lowest BCUT2D eigenvalue weighted by Gasteiger charge is -2.19. The van der Waals surface area contributed by atoms with Crippen molar-refractivity contribution in [3.63, 3.8) is 0 Å². The van der Waals surface area contributed by atoms with Crippen molar-refractivity contribution in [2.75, 3.05) is 25.1 Å². The summed E-state index contributed by atoms with van der Waals surface area (Å²) in [5.41, 5.74) is 2.13. The summed E-state index contributed by atoms with van der Waals surface area (Å²) in [6, 6.07) is 5.86. The van der Waals surface area contributed by atoms with Crippen molar-refractivity contribution in [2.45, 2.75) is 6.92 Å². The van der Waals surface area contributed by atoms with Crippen LogP contribution in [-0.2, 0) is 0 Å². The van der Waals surface area contributed by atoms with Crippen molar-refractivity contribution in [1.82, 2.24) is 0 Å². The van der Waals surface area contributed by atoms with E-state index in [9.17, 15) is 0 Å². The maximum atomic E-state index is 5.48. The number of benzene rings is 1. The zero-order valence-corrected chi connectivity index (χ0v) is 8.88. The predicted octanol–water partition coefficient (Wildman–Crippen LogP) is 2.45. The molecule has 0 bridgehead atoms. The van der Waals surface area contributed by atoms with Crippen LogP contribution in [0.3, 0.4) is 0 Å². The van der Waals surface area contributed by atoms with Crippen LogP contribution in [0.4, 0.5) is 5.69 Å². The van der Waals surface area contributed by atoms with Crippen LogP contribution >= 0.6 is 0 Å². The Balaban J connectivity index is 2.10. The average molecular weight is 205 g/mol. The molecule has 3 nitrogen and oxygen atoms in total. The molecule has 80 valence electrons. The second-order valence-corrected chi connectivity index (χ2v) is 3.67. The molecule has 0 fully saturated rings. The molecule has 2 rings (SSSR count). The molecule has 0 saturated carbocycles. The highest BCUT2D eigenvalue weighted by Gasteiger charge is 2.11. The van der Waals surface area contributed by atoms with Gasteiger partial charge >= 0.3 is 0 Å². The molecule has 3 heteroatoms. The van der Waals surface area contributed by atoms with Crippen LogP contribution in [-0.4, -0.2) is 19.8 Å². The zero-order chi connectivity index (χ0) is 10.7. The van der Waals surface area contributed by atoms with Crippen molar-refractivity contribution in [2.24, 2.45) is 0 Å². The van der Waals surface area contributed by atoms with E-state index in [0.29, 0.717) is 13.2 Å². The van der Waals surface area contributed by atoms with Gasteiger partial charge in [-0.15, -0.1) is 0 Å². The Morgan fingerprint density at radius 1 is 1.33 bits per heavy atom. The molecule has 0 atom stereocenters. The first-order valence-corrected chi connectivity index (χ1v) is 5.03. The molecule has 1 aromatic rings. The summed E-state index contributed by atoms with van der Waals surface area (Å²) in [5, 5.41) is 3.26. The van der Waals surface area contributed by atoms with E-state index in [-0.39, 0.29) is 0 Å². The Hall–Kier alpha value is -1.64. The number of ether oxygens (including phenoxy) is 2. The molecular formula is C12H15NO2. The fraction of sp³-hybridized carbons (Fsp3) is 0.333. The van der Waals surface area contributed by atoms with Crippen LogP contribution in [0.1, 0.15) is 6.92 Å². The number of anilines is 1. The van der Waals surface area contributed by atoms with Gasteiger partial charge < -0.3 is 14.8 Å². The molecule has 0 amide bonds. The van der Waals surface area contributed by atoms with Gasteiger partial charge in [0.15, 0.2) is 11.5 Å². The molecule has 15 heavy (non-hydrogen) atoms. The molecule has 0 aliphatic carbocycles. The van der Waals surface area contributed by atoms with Crippen molar-refractivity contribution in [3.05, 3.63) is 30.4 Å². The molecule has 1 heterocycles. The van der Waals surface area contributed by atoms with Crippen LogP contribution in [0, 0.1) is 0 Å². The lowest BCUT2D eigenvalue weighted by molar-refractivity contribution is 0.171. The fourth-order valence-corrected chi connectivity index (χ4v) is 1.41. The minimum absolute atomic E-state index is 0.622. The van der Waals surface area contributed by atoms with E-state index >= 15 is 0 Å². The van der Waals surface area contributed by atoms with Crippen molar-refractivity contribution in [1.29, 1.82) is 0 Å². The summed E-state index contributed by atoms with van der Waals surface area (Å²) in [4.78, 5) is 0. The first-order chi connectivity index (χ1) is 7.25. The van der Waals surface area contributed by atoms with E-state index in [1.807, 2.05) is 25.1 Å². The molecule has 1 aliphatic heterocycles. The van der Waals surface area contributed by atoms with E-state index in [2.05, 4.69) is 11.9 Å². The van der Waals surface area contributed by atoms with Gasteiger partial charge in [-0.25, -0.2) is 0 Å². The van der Waals surface area contributed by atoms with E-state index < -0.39 is 0 Å². The highest BCUT2D eigenvalue weighted by molar-refractivity contribution is 5.55. The van der Waals surface area contributed by atoms with E-state index in [1.54, 1.807) is 0 Å². The largest absolute Gasteiger partial charge is 0.486 e. The Bertz CT molecular complexity index is 374. The molecule has 0 saturated heterocycles.